The normalized spacial score (nSPS) is 11.5. The van der Waals surface area contributed by atoms with Crippen molar-refractivity contribution in [1.29, 1.82) is 0 Å². The Bertz CT molecular complexity index is 950. The lowest BCUT2D eigenvalue weighted by Gasteiger charge is -2.36. The third kappa shape index (κ3) is 10.8. The first kappa shape index (κ1) is 31.4. The quantitative estimate of drug-likeness (QED) is 0.143. The molecule has 0 unspecified atom stereocenters. The first-order chi connectivity index (χ1) is 19.7. The SMILES string of the molecule is O=C(O)CCOCCOCCOCCOCCOCCOC(c1ccccc1)(c1ccccc1)c1ccccc1. The van der Waals surface area contributed by atoms with E-state index in [2.05, 4.69) is 36.4 Å². The van der Waals surface area contributed by atoms with E-state index in [1.165, 1.54) is 0 Å². The topological polar surface area (TPSA) is 92.7 Å². The molecule has 8 heteroatoms. The van der Waals surface area contributed by atoms with Gasteiger partial charge in [-0.3, -0.25) is 4.79 Å². The van der Waals surface area contributed by atoms with Crippen LogP contribution in [-0.2, 0) is 38.8 Å². The van der Waals surface area contributed by atoms with E-state index in [0.29, 0.717) is 66.1 Å². The highest BCUT2D eigenvalue weighted by Gasteiger charge is 2.37. The zero-order chi connectivity index (χ0) is 28.1. The summed E-state index contributed by atoms with van der Waals surface area (Å²) >= 11 is 0. The van der Waals surface area contributed by atoms with E-state index in [0.717, 1.165) is 16.7 Å². The zero-order valence-electron chi connectivity index (χ0n) is 23.0. The molecule has 0 spiro atoms. The highest BCUT2D eigenvalue weighted by Crippen LogP contribution is 2.40. The Hall–Kier alpha value is -3.11. The van der Waals surface area contributed by atoms with Crippen LogP contribution in [0, 0.1) is 0 Å². The van der Waals surface area contributed by atoms with Crippen LogP contribution >= 0.6 is 0 Å². The molecule has 0 fully saturated rings. The summed E-state index contributed by atoms with van der Waals surface area (Å²) in [5.41, 5.74) is 2.43. The van der Waals surface area contributed by atoms with Crippen LogP contribution in [-0.4, -0.2) is 83.8 Å². The molecule has 1 N–H and O–H groups in total. The van der Waals surface area contributed by atoms with Gasteiger partial charge in [0.1, 0.15) is 5.60 Å². The van der Waals surface area contributed by atoms with Crippen LogP contribution in [0.3, 0.4) is 0 Å². The second-order valence-electron chi connectivity index (χ2n) is 8.83. The van der Waals surface area contributed by atoms with Crippen molar-refractivity contribution in [3.8, 4) is 0 Å². The summed E-state index contributed by atoms with van der Waals surface area (Å²) < 4.78 is 34.0. The molecule has 0 aromatic heterocycles. The maximum atomic E-state index is 10.4. The van der Waals surface area contributed by atoms with Gasteiger partial charge in [0.15, 0.2) is 0 Å². The van der Waals surface area contributed by atoms with Gasteiger partial charge in [0.25, 0.3) is 0 Å². The first-order valence-electron chi connectivity index (χ1n) is 13.6. The van der Waals surface area contributed by atoms with Crippen LogP contribution in [0.15, 0.2) is 91.0 Å². The van der Waals surface area contributed by atoms with Crippen LogP contribution in [0.5, 0.6) is 0 Å². The monoisotopic (exact) mass is 552 g/mol. The largest absolute Gasteiger partial charge is 0.481 e. The average Bonchev–Trinajstić information content (AvgIpc) is 3.00. The molecule has 3 aromatic carbocycles. The number of rotatable bonds is 22. The van der Waals surface area contributed by atoms with E-state index in [-0.39, 0.29) is 13.0 Å². The number of aliphatic carboxylic acids is 1. The second kappa shape index (κ2) is 19.0. The lowest BCUT2D eigenvalue weighted by Crippen LogP contribution is -2.34. The van der Waals surface area contributed by atoms with Crippen LogP contribution in [0.4, 0.5) is 0 Å². The summed E-state index contributed by atoms with van der Waals surface area (Å²) in [6.45, 7) is 4.58. The zero-order valence-corrected chi connectivity index (χ0v) is 23.0. The Morgan fingerprint density at radius 2 is 0.775 bits per heavy atom. The molecular formula is C32H40O8. The molecule has 0 heterocycles. The number of carboxylic acids is 1. The molecular weight excluding hydrogens is 512 g/mol. The van der Waals surface area contributed by atoms with Gasteiger partial charge < -0.3 is 33.5 Å². The fourth-order valence-corrected chi connectivity index (χ4v) is 4.16. The Labute approximate surface area is 236 Å². The van der Waals surface area contributed by atoms with Gasteiger partial charge in [-0.05, 0) is 16.7 Å². The number of carbonyl (C=O) groups is 1. The summed E-state index contributed by atoms with van der Waals surface area (Å²) in [7, 11) is 0. The van der Waals surface area contributed by atoms with Gasteiger partial charge in [-0.25, -0.2) is 0 Å². The maximum absolute atomic E-state index is 10.4. The number of benzene rings is 3. The van der Waals surface area contributed by atoms with Crippen LogP contribution in [0.25, 0.3) is 0 Å². The molecule has 216 valence electrons. The number of carboxylic acid groups (broad SMARTS) is 1. The summed E-state index contributed by atoms with van der Waals surface area (Å²) in [6.07, 6.45) is -0.000592. The molecule has 0 aliphatic rings. The van der Waals surface area contributed by atoms with E-state index in [9.17, 15) is 4.79 Å². The Balaban J connectivity index is 1.32. The third-order valence-corrected chi connectivity index (χ3v) is 6.04. The molecule has 8 nitrogen and oxygen atoms in total. The fourth-order valence-electron chi connectivity index (χ4n) is 4.16. The molecule has 0 aliphatic carbocycles. The van der Waals surface area contributed by atoms with Gasteiger partial charge in [-0.1, -0.05) is 91.0 Å². The molecule has 40 heavy (non-hydrogen) atoms. The van der Waals surface area contributed by atoms with E-state index < -0.39 is 11.6 Å². The standard InChI is InChI=1S/C32H40O8/c33-31(34)16-17-35-18-19-36-20-21-37-22-23-38-24-25-39-26-27-40-32(28-10-4-1-5-11-28,29-12-6-2-7-13-29)30-14-8-3-9-15-30/h1-15H,16-27H2,(H,33,34). The van der Waals surface area contributed by atoms with Crippen molar-refractivity contribution in [2.45, 2.75) is 12.0 Å². The van der Waals surface area contributed by atoms with Crippen LogP contribution < -0.4 is 0 Å². The fraction of sp³-hybridized carbons (Fsp3) is 0.406. The van der Waals surface area contributed by atoms with E-state index in [1.54, 1.807) is 0 Å². The van der Waals surface area contributed by atoms with E-state index in [4.69, 9.17) is 33.5 Å². The minimum absolute atomic E-state index is 0.000592. The van der Waals surface area contributed by atoms with Gasteiger partial charge in [-0.15, -0.1) is 0 Å². The molecule has 0 saturated heterocycles. The van der Waals surface area contributed by atoms with Crippen molar-refractivity contribution >= 4 is 5.97 Å². The average molecular weight is 553 g/mol. The molecule has 0 atom stereocenters. The Kier molecular flexibility index (Phi) is 15.0. The van der Waals surface area contributed by atoms with Crippen LogP contribution in [0.1, 0.15) is 23.1 Å². The smallest absolute Gasteiger partial charge is 0.305 e. The third-order valence-electron chi connectivity index (χ3n) is 6.04. The number of ether oxygens (including phenoxy) is 6. The van der Waals surface area contributed by atoms with Gasteiger partial charge in [0.05, 0.1) is 79.1 Å². The maximum Gasteiger partial charge on any atom is 0.305 e. The highest BCUT2D eigenvalue weighted by atomic mass is 16.6. The summed E-state index contributed by atoms with van der Waals surface area (Å²) in [4.78, 5) is 10.4. The Morgan fingerprint density at radius 1 is 0.475 bits per heavy atom. The van der Waals surface area contributed by atoms with E-state index >= 15 is 0 Å². The predicted molar refractivity (Wildman–Crippen MR) is 152 cm³/mol. The summed E-state index contributed by atoms with van der Waals surface area (Å²) in [6, 6.07) is 30.8. The number of hydrogen-bond acceptors (Lipinski definition) is 7. The van der Waals surface area contributed by atoms with Crippen LogP contribution in [0.2, 0.25) is 0 Å². The first-order valence-corrected chi connectivity index (χ1v) is 13.6. The van der Waals surface area contributed by atoms with Gasteiger partial charge in [-0.2, -0.15) is 0 Å². The van der Waals surface area contributed by atoms with Crippen molar-refractivity contribution < 1.29 is 38.3 Å². The molecule has 0 radical (unpaired) electrons. The van der Waals surface area contributed by atoms with Crippen molar-refractivity contribution in [2.75, 3.05) is 72.7 Å². The Morgan fingerprint density at radius 3 is 1.10 bits per heavy atom. The van der Waals surface area contributed by atoms with Crippen molar-refractivity contribution in [3.63, 3.8) is 0 Å². The second-order valence-corrected chi connectivity index (χ2v) is 8.83. The highest BCUT2D eigenvalue weighted by molar-refractivity contribution is 5.66. The van der Waals surface area contributed by atoms with E-state index in [1.807, 2.05) is 54.6 Å². The van der Waals surface area contributed by atoms with Crippen molar-refractivity contribution in [3.05, 3.63) is 108 Å². The van der Waals surface area contributed by atoms with Crippen molar-refractivity contribution in [2.24, 2.45) is 0 Å². The lowest BCUT2D eigenvalue weighted by atomic mass is 9.80. The molecule has 0 aliphatic heterocycles. The summed E-state index contributed by atoms with van der Waals surface area (Å²) in [5.74, 6) is -0.871. The molecule has 3 aromatic rings. The predicted octanol–water partition coefficient (Wildman–Crippen LogP) is 4.55. The molecule has 3 rings (SSSR count). The minimum Gasteiger partial charge on any atom is -0.481 e. The lowest BCUT2D eigenvalue weighted by molar-refractivity contribution is -0.138. The van der Waals surface area contributed by atoms with Crippen molar-refractivity contribution in [1.82, 2.24) is 0 Å². The molecule has 0 saturated carbocycles. The van der Waals surface area contributed by atoms with Gasteiger partial charge >= 0.3 is 5.97 Å². The number of hydrogen-bond donors (Lipinski definition) is 1. The molecule has 0 amide bonds. The van der Waals surface area contributed by atoms with Gasteiger partial charge in [0.2, 0.25) is 0 Å². The summed E-state index contributed by atoms with van der Waals surface area (Å²) in [5, 5.41) is 8.52. The minimum atomic E-state index is -0.871. The van der Waals surface area contributed by atoms with Gasteiger partial charge in [0, 0.05) is 0 Å². The molecule has 0 bridgehead atoms.